The van der Waals surface area contributed by atoms with E-state index in [2.05, 4.69) is 81.9 Å². The molecule has 55 heavy (non-hydrogen) atoms. The van der Waals surface area contributed by atoms with Crippen LogP contribution in [0, 0.1) is 0 Å². The maximum absolute atomic E-state index is 11.1. The summed E-state index contributed by atoms with van der Waals surface area (Å²) in [7, 11) is 6.27. The standard InChI is InChI=1S/C45H30BN5O4/c46-38-37(39(52)41(54)42(55)40(38)53)29-19-7-8-20-30(29)44-47-43(25-13-3-1-4-14-25)48-45(49-44)51-34-22-12-10-18-28(34)32-23-35-31(24-36(32)51)27-17-9-11-21-33(27)50(35)26-15-5-2-6-16-26/h1-9,11,13-24,52-55H,10,12H2. The van der Waals surface area contributed by atoms with Crippen LogP contribution in [-0.4, -0.2) is 52.4 Å². The van der Waals surface area contributed by atoms with E-state index in [1.807, 2.05) is 36.4 Å². The molecule has 4 N–H and O–H groups in total. The number of phenolic OH excluding ortho intramolecular Hbond substituents is 4. The number of para-hydroxylation sites is 2. The molecule has 262 valence electrons. The maximum Gasteiger partial charge on any atom is 0.238 e. The molecule has 0 saturated heterocycles. The number of fused-ring (bicyclic) bond motifs is 6. The lowest BCUT2D eigenvalue weighted by Gasteiger charge is -2.17. The molecule has 6 aromatic carbocycles. The Morgan fingerprint density at radius 1 is 0.509 bits per heavy atom. The van der Waals surface area contributed by atoms with E-state index in [0.717, 1.165) is 67.4 Å². The molecule has 3 aromatic heterocycles. The van der Waals surface area contributed by atoms with Gasteiger partial charge in [0.15, 0.2) is 23.1 Å². The molecule has 0 atom stereocenters. The number of nitrogens with zero attached hydrogens (tertiary/aromatic N) is 5. The van der Waals surface area contributed by atoms with E-state index >= 15 is 0 Å². The Labute approximate surface area is 315 Å². The molecule has 1 aliphatic rings. The van der Waals surface area contributed by atoms with Gasteiger partial charge in [0, 0.05) is 43.8 Å². The van der Waals surface area contributed by atoms with Crippen LogP contribution in [0.3, 0.4) is 0 Å². The summed E-state index contributed by atoms with van der Waals surface area (Å²) >= 11 is 0. The fraction of sp³-hybridized carbons (Fsp3) is 0.0444. The van der Waals surface area contributed by atoms with Gasteiger partial charge in [0.2, 0.25) is 17.4 Å². The molecule has 10 heteroatoms. The summed E-state index contributed by atoms with van der Waals surface area (Å²) in [6.45, 7) is 0. The topological polar surface area (TPSA) is 129 Å². The Bertz CT molecular complexity index is 3130. The minimum absolute atomic E-state index is 0.0736. The lowest BCUT2D eigenvalue weighted by molar-refractivity contribution is 0.348. The van der Waals surface area contributed by atoms with Crippen molar-refractivity contribution in [3.63, 3.8) is 0 Å². The molecule has 2 radical (unpaired) electrons. The third-order valence-electron chi connectivity index (χ3n) is 10.4. The normalized spacial score (nSPS) is 12.5. The highest BCUT2D eigenvalue weighted by Gasteiger charge is 2.26. The van der Waals surface area contributed by atoms with Crippen LogP contribution < -0.4 is 16.0 Å². The predicted molar refractivity (Wildman–Crippen MR) is 217 cm³/mol. The summed E-state index contributed by atoms with van der Waals surface area (Å²) in [6, 6.07) is 39.9. The van der Waals surface area contributed by atoms with Gasteiger partial charge in [-0.25, -0.2) is 4.98 Å². The van der Waals surface area contributed by atoms with Crippen molar-refractivity contribution in [2.75, 3.05) is 0 Å². The fourth-order valence-corrected chi connectivity index (χ4v) is 7.91. The largest absolute Gasteiger partial charge is 0.505 e. The van der Waals surface area contributed by atoms with Crippen molar-refractivity contribution < 1.29 is 20.4 Å². The summed E-state index contributed by atoms with van der Waals surface area (Å²) in [5.41, 5.74) is 5.36. The van der Waals surface area contributed by atoms with Gasteiger partial charge in [-0.3, -0.25) is 4.57 Å². The van der Waals surface area contributed by atoms with Gasteiger partial charge in [-0.1, -0.05) is 103 Å². The van der Waals surface area contributed by atoms with Crippen molar-refractivity contribution in [1.29, 1.82) is 0 Å². The number of aromatic hydroxyl groups is 4. The lowest BCUT2D eigenvalue weighted by Crippen LogP contribution is -2.31. The van der Waals surface area contributed by atoms with Crippen molar-refractivity contribution in [3.8, 4) is 68.5 Å². The number of phenols is 4. The summed E-state index contributed by atoms with van der Waals surface area (Å²) in [5.74, 6) is -2.18. The van der Waals surface area contributed by atoms with Crippen LogP contribution in [0.5, 0.6) is 23.0 Å². The van der Waals surface area contributed by atoms with Gasteiger partial charge in [0.1, 0.15) is 7.85 Å². The third kappa shape index (κ3) is 4.91. The molecule has 0 aliphatic heterocycles. The molecule has 10 rings (SSSR count). The summed E-state index contributed by atoms with van der Waals surface area (Å²) < 4.78 is 4.41. The van der Waals surface area contributed by atoms with E-state index in [1.165, 1.54) is 0 Å². The third-order valence-corrected chi connectivity index (χ3v) is 10.4. The Morgan fingerprint density at radius 3 is 1.93 bits per heavy atom. The minimum Gasteiger partial charge on any atom is -0.505 e. The van der Waals surface area contributed by atoms with Crippen LogP contribution >= 0.6 is 0 Å². The molecule has 9 nitrogen and oxygen atoms in total. The zero-order chi connectivity index (χ0) is 37.4. The van der Waals surface area contributed by atoms with Crippen LogP contribution in [0.4, 0.5) is 0 Å². The monoisotopic (exact) mass is 715 g/mol. The number of aromatic nitrogens is 5. The first kappa shape index (κ1) is 32.3. The quantitative estimate of drug-likeness (QED) is 0.0869. The molecule has 1 aliphatic carbocycles. The number of hydrogen-bond acceptors (Lipinski definition) is 7. The van der Waals surface area contributed by atoms with Crippen molar-refractivity contribution in [2.24, 2.45) is 0 Å². The van der Waals surface area contributed by atoms with Crippen molar-refractivity contribution in [2.45, 2.75) is 12.8 Å². The van der Waals surface area contributed by atoms with E-state index in [0.29, 0.717) is 22.9 Å². The second-order valence-electron chi connectivity index (χ2n) is 13.6. The molecule has 0 amide bonds. The van der Waals surface area contributed by atoms with Gasteiger partial charge in [-0.15, -0.1) is 0 Å². The molecule has 9 aromatic rings. The SMILES string of the molecule is [B]c1c(O)c(O)c(O)c(O)c1-c1ccccc1-c1nc(-c2ccccc2)nc(-n2c3c(c4cc5c(cc42)c2ccccc2n5-c2ccccc2)=CCCC=3)n1. The van der Waals surface area contributed by atoms with Gasteiger partial charge in [0.25, 0.3) is 0 Å². The van der Waals surface area contributed by atoms with Gasteiger partial charge >= 0.3 is 0 Å². The Hall–Kier alpha value is -7.33. The Balaban J connectivity index is 1.29. The van der Waals surface area contributed by atoms with Crippen molar-refractivity contribution in [3.05, 3.63) is 132 Å². The Kier molecular flexibility index (Phi) is 7.28. The minimum atomic E-state index is -0.914. The zero-order valence-electron chi connectivity index (χ0n) is 29.2. The molecule has 0 fully saturated rings. The van der Waals surface area contributed by atoms with Gasteiger partial charge in [-0.05, 0) is 54.2 Å². The molecular weight excluding hydrogens is 685 g/mol. The predicted octanol–water partition coefficient (Wildman–Crippen LogP) is 6.88. The van der Waals surface area contributed by atoms with Gasteiger partial charge < -0.3 is 25.0 Å². The molecule has 0 unspecified atom stereocenters. The highest BCUT2D eigenvalue weighted by Crippen LogP contribution is 2.47. The van der Waals surface area contributed by atoms with Crippen LogP contribution in [0.15, 0.2) is 121 Å². The second kappa shape index (κ2) is 12.4. The first-order valence-corrected chi connectivity index (χ1v) is 17.9. The summed E-state index contributed by atoms with van der Waals surface area (Å²) in [4.78, 5) is 15.2. The van der Waals surface area contributed by atoms with E-state index in [1.54, 1.807) is 24.3 Å². The van der Waals surface area contributed by atoms with Crippen LogP contribution in [0.2, 0.25) is 0 Å². The molecular formula is C45H30BN5O4. The second-order valence-corrected chi connectivity index (χ2v) is 13.6. The summed E-state index contributed by atoms with van der Waals surface area (Å²) in [6.07, 6.45) is 6.25. The smallest absolute Gasteiger partial charge is 0.238 e. The van der Waals surface area contributed by atoms with E-state index in [9.17, 15) is 20.4 Å². The number of rotatable bonds is 5. The Morgan fingerprint density at radius 2 is 1.13 bits per heavy atom. The fourth-order valence-electron chi connectivity index (χ4n) is 7.91. The van der Waals surface area contributed by atoms with E-state index in [4.69, 9.17) is 22.8 Å². The summed E-state index contributed by atoms with van der Waals surface area (Å²) in [5, 5.41) is 47.8. The molecule has 0 bridgehead atoms. The molecule has 0 saturated carbocycles. The van der Waals surface area contributed by atoms with Crippen molar-refractivity contribution >= 4 is 58.2 Å². The van der Waals surface area contributed by atoms with Crippen LogP contribution in [0.25, 0.3) is 90.4 Å². The number of benzene rings is 6. The van der Waals surface area contributed by atoms with E-state index < -0.39 is 23.0 Å². The first-order chi connectivity index (χ1) is 26.9. The molecule has 0 spiro atoms. The van der Waals surface area contributed by atoms with Gasteiger partial charge in [-0.2, -0.15) is 9.97 Å². The lowest BCUT2D eigenvalue weighted by atomic mass is 9.83. The average Bonchev–Trinajstić information content (AvgIpc) is 3.74. The maximum atomic E-state index is 11.1. The highest BCUT2D eigenvalue weighted by atomic mass is 16.3. The highest BCUT2D eigenvalue weighted by molar-refractivity contribution is 6.39. The first-order valence-electron chi connectivity index (χ1n) is 17.9. The zero-order valence-corrected chi connectivity index (χ0v) is 29.2. The van der Waals surface area contributed by atoms with Crippen LogP contribution in [-0.2, 0) is 0 Å². The van der Waals surface area contributed by atoms with Crippen molar-refractivity contribution in [1.82, 2.24) is 24.1 Å². The number of hydrogen-bond donors (Lipinski definition) is 4. The average molecular weight is 716 g/mol. The molecule has 3 heterocycles. The van der Waals surface area contributed by atoms with Crippen LogP contribution in [0.1, 0.15) is 12.8 Å². The van der Waals surface area contributed by atoms with E-state index in [-0.39, 0.29) is 16.9 Å². The van der Waals surface area contributed by atoms with Gasteiger partial charge in [0.05, 0.1) is 21.9 Å².